The van der Waals surface area contributed by atoms with E-state index in [-0.39, 0.29) is 24.0 Å². The van der Waals surface area contributed by atoms with Crippen LogP contribution in [0.1, 0.15) is 37.3 Å². The van der Waals surface area contributed by atoms with E-state index in [0.717, 1.165) is 0 Å². The molecule has 4 rings (SSSR count). The van der Waals surface area contributed by atoms with Crippen molar-refractivity contribution in [3.63, 3.8) is 0 Å². The molecule has 37 heavy (non-hydrogen) atoms. The number of ether oxygens (including phenoxy) is 1. The molecule has 0 spiro atoms. The fourth-order valence-corrected chi connectivity index (χ4v) is 6.14. The highest BCUT2D eigenvalue weighted by molar-refractivity contribution is 7.87. The van der Waals surface area contributed by atoms with Crippen molar-refractivity contribution in [2.24, 2.45) is 0 Å². The lowest BCUT2D eigenvalue weighted by Gasteiger charge is -2.45. The Balaban J connectivity index is 1.77. The molecule has 1 saturated heterocycles. The van der Waals surface area contributed by atoms with Gasteiger partial charge in [-0.05, 0) is 42.7 Å². The molecular weight excluding hydrogens is 532 g/mol. The monoisotopic (exact) mass is 558 g/mol. The molecule has 4 atom stereocenters. The zero-order valence-electron chi connectivity index (χ0n) is 19.9. The Morgan fingerprint density at radius 3 is 2.46 bits per heavy atom. The Morgan fingerprint density at radius 1 is 1.19 bits per heavy atom. The van der Waals surface area contributed by atoms with Gasteiger partial charge in [-0.2, -0.15) is 13.2 Å². The summed E-state index contributed by atoms with van der Waals surface area (Å²) in [6.45, 7) is 3.10. The van der Waals surface area contributed by atoms with E-state index in [9.17, 15) is 26.6 Å². The first-order chi connectivity index (χ1) is 17.6. The molecule has 2 aromatic rings. The fraction of sp³-hybridized carbons (Fsp3) is 0.423. The van der Waals surface area contributed by atoms with E-state index in [4.69, 9.17) is 16.3 Å². The first-order valence-corrected chi connectivity index (χ1v) is 13.4. The van der Waals surface area contributed by atoms with Crippen molar-refractivity contribution in [2.75, 3.05) is 17.5 Å². The van der Waals surface area contributed by atoms with E-state index in [1.165, 1.54) is 39.5 Å². The highest BCUT2D eigenvalue weighted by atomic mass is 35.5. The molecule has 11 heteroatoms. The Labute approximate surface area is 220 Å². The molecule has 0 radical (unpaired) electrons. The molecule has 200 valence electrons. The van der Waals surface area contributed by atoms with Crippen molar-refractivity contribution in [1.29, 1.82) is 0 Å². The minimum Gasteiger partial charge on any atom is -0.366 e. The van der Waals surface area contributed by atoms with E-state index >= 15 is 0 Å². The lowest BCUT2D eigenvalue weighted by molar-refractivity contribution is -0.176. The number of benzene rings is 2. The van der Waals surface area contributed by atoms with Gasteiger partial charge in [-0.1, -0.05) is 41.9 Å². The molecule has 4 unspecified atom stereocenters. The zero-order chi connectivity index (χ0) is 26.7. The van der Waals surface area contributed by atoms with Crippen LogP contribution in [0.4, 0.5) is 23.2 Å². The summed E-state index contributed by atoms with van der Waals surface area (Å²) < 4.78 is 76.9. The summed E-state index contributed by atoms with van der Waals surface area (Å²) in [6.07, 6.45) is -4.17. The van der Waals surface area contributed by atoms with Crippen LogP contribution < -0.4 is 4.31 Å². The van der Waals surface area contributed by atoms with Crippen LogP contribution in [-0.2, 0) is 20.5 Å². The molecule has 0 bridgehead atoms. The number of hydrogen-bond acceptors (Lipinski definition) is 3. The summed E-state index contributed by atoms with van der Waals surface area (Å²) in [6, 6.07) is 9.65. The van der Waals surface area contributed by atoms with Gasteiger partial charge in [0, 0.05) is 11.4 Å². The molecule has 1 heterocycles. The summed E-state index contributed by atoms with van der Waals surface area (Å²) in [5.41, 5.74) is 0.481. The molecule has 2 fully saturated rings. The van der Waals surface area contributed by atoms with Crippen LogP contribution in [-0.4, -0.2) is 51.7 Å². The molecule has 1 aliphatic carbocycles. The second-order valence-electron chi connectivity index (χ2n) is 9.12. The average Bonchev–Trinajstić information content (AvgIpc) is 3.69. The number of para-hydroxylation sites is 1. The van der Waals surface area contributed by atoms with E-state index in [2.05, 4.69) is 6.58 Å². The van der Waals surface area contributed by atoms with E-state index in [0.29, 0.717) is 23.4 Å². The summed E-state index contributed by atoms with van der Waals surface area (Å²) in [7, 11) is -1.77. The van der Waals surface area contributed by atoms with Crippen LogP contribution in [0.3, 0.4) is 0 Å². The second-order valence-corrected chi connectivity index (χ2v) is 11.2. The van der Waals surface area contributed by atoms with Crippen LogP contribution in [0.2, 0.25) is 5.02 Å². The summed E-state index contributed by atoms with van der Waals surface area (Å²) >= 11 is 6.00. The smallest absolute Gasteiger partial charge is 0.366 e. The van der Waals surface area contributed by atoms with Crippen molar-refractivity contribution in [3.8, 4) is 0 Å². The molecule has 2 aliphatic rings. The number of anilines is 1. The lowest BCUT2D eigenvalue weighted by Crippen LogP contribution is -2.57. The molecular formula is C26H27ClF4N2O3S. The summed E-state index contributed by atoms with van der Waals surface area (Å²) in [4.78, 5) is 14.8. The van der Waals surface area contributed by atoms with Gasteiger partial charge in [0.15, 0.2) is 0 Å². The molecule has 0 aromatic heterocycles. The van der Waals surface area contributed by atoms with Crippen molar-refractivity contribution >= 4 is 34.2 Å². The highest BCUT2D eigenvalue weighted by Crippen LogP contribution is 2.38. The fourth-order valence-electron chi connectivity index (χ4n) is 4.46. The van der Waals surface area contributed by atoms with Crippen LogP contribution in [0.5, 0.6) is 0 Å². The molecule has 1 aliphatic heterocycles. The maximum Gasteiger partial charge on any atom is 0.391 e. The number of amides is 1. The van der Waals surface area contributed by atoms with E-state index in [1.54, 1.807) is 24.3 Å². The number of carbonyl (C=O) groups is 1. The summed E-state index contributed by atoms with van der Waals surface area (Å²) in [5.74, 6) is -1.33. The topological polar surface area (TPSA) is 49.9 Å². The standard InChI is InChI=1S/C26H27ClF4N2O3S/c1-2-5-24-25(34)33(23(16-36-24)17-8-10-18(27)11-9-17)19(14-26(29,30)31)15-32(37(35)20-12-13-20)22-7-4-3-6-21(22)28/h2-4,6-11,19-20,23-24H,1,5,12-16H2. The van der Waals surface area contributed by atoms with Crippen molar-refractivity contribution < 1.29 is 31.3 Å². The van der Waals surface area contributed by atoms with Crippen molar-refractivity contribution in [2.45, 2.75) is 55.3 Å². The Hall–Kier alpha value is -2.43. The van der Waals surface area contributed by atoms with Crippen LogP contribution in [0.25, 0.3) is 0 Å². The molecule has 1 saturated carbocycles. The first-order valence-electron chi connectivity index (χ1n) is 11.9. The van der Waals surface area contributed by atoms with Gasteiger partial charge in [0.1, 0.15) is 22.9 Å². The van der Waals surface area contributed by atoms with Crippen LogP contribution in [0, 0.1) is 5.82 Å². The molecule has 0 N–H and O–H groups in total. The van der Waals surface area contributed by atoms with Crippen molar-refractivity contribution in [1.82, 2.24) is 4.90 Å². The highest BCUT2D eigenvalue weighted by Gasteiger charge is 2.46. The van der Waals surface area contributed by atoms with Gasteiger partial charge in [-0.3, -0.25) is 9.10 Å². The first kappa shape index (κ1) is 27.6. The lowest BCUT2D eigenvalue weighted by atomic mass is 9.98. The van der Waals surface area contributed by atoms with Crippen LogP contribution >= 0.6 is 11.6 Å². The van der Waals surface area contributed by atoms with Gasteiger partial charge in [0.2, 0.25) is 0 Å². The van der Waals surface area contributed by atoms with Crippen molar-refractivity contribution in [3.05, 3.63) is 77.6 Å². The number of alkyl halides is 3. The SMILES string of the molecule is C=CCC1OCC(c2ccc(Cl)cc2)N(C(CN(c2ccccc2F)S(=O)C2CC2)CC(F)(F)F)C1=O. The Kier molecular flexibility index (Phi) is 8.60. The van der Waals surface area contributed by atoms with Gasteiger partial charge in [0.25, 0.3) is 5.91 Å². The largest absolute Gasteiger partial charge is 0.391 e. The third-order valence-corrected chi connectivity index (χ3v) is 8.42. The minimum atomic E-state index is -4.65. The number of hydrogen-bond donors (Lipinski definition) is 0. The zero-order valence-corrected chi connectivity index (χ0v) is 21.4. The second kappa shape index (κ2) is 11.5. The molecule has 5 nitrogen and oxygen atoms in total. The van der Waals surface area contributed by atoms with Gasteiger partial charge in [-0.15, -0.1) is 6.58 Å². The average molecular weight is 559 g/mol. The predicted octanol–water partition coefficient (Wildman–Crippen LogP) is 5.98. The molecule has 1 amide bonds. The number of carbonyl (C=O) groups excluding carboxylic acids is 1. The maximum atomic E-state index is 14.8. The predicted molar refractivity (Wildman–Crippen MR) is 135 cm³/mol. The Bertz CT molecular complexity index is 1140. The number of halogens is 5. The third-order valence-electron chi connectivity index (χ3n) is 6.34. The summed E-state index contributed by atoms with van der Waals surface area (Å²) in [5, 5.41) is 0.160. The van der Waals surface area contributed by atoms with Crippen LogP contribution in [0.15, 0.2) is 61.2 Å². The van der Waals surface area contributed by atoms with Gasteiger partial charge >= 0.3 is 6.18 Å². The quantitative estimate of drug-likeness (QED) is 0.266. The van der Waals surface area contributed by atoms with Gasteiger partial charge in [0.05, 0.1) is 42.6 Å². The maximum absolute atomic E-state index is 14.8. The number of morpholine rings is 1. The number of nitrogens with zero attached hydrogens (tertiary/aromatic N) is 2. The van der Waals surface area contributed by atoms with E-state index < -0.39 is 60.0 Å². The third kappa shape index (κ3) is 6.72. The normalized spacial score (nSPS) is 22.0. The van der Waals surface area contributed by atoms with Gasteiger partial charge < -0.3 is 9.64 Å². The molecule has 2 aromatic carbocycles. The minimum absolute atomic E-state index is 0.0500. The Morgan fingerprint density at radius 2 is 1.86 bits per heavy atom. The van der Waals surface area contributed by atoms with E-state index in [1.807, 2.05) is 0 Å². The number of rotatable bonds is 10. The van der Waals surface area contributed by atoms with Gasteiger partial charge in [-0.25, -0.2) is 8.60 Å².